The third-order valence-electron chi connectivity index (χ3n) is 2.60. The topological polar surface area (TPSA) is 50.9 Å². The summed E-state index contributed by atoms with van der Waals surface area (Å²) in [6, 6.07) is 3.88. The van der Waals surface area contributed by atoms with E-state index in [2.05, 4.69) is 9.97 Å². The van der Waals surface area contributed by atoms with Gasteiger partial charge in [0.05, 0.1) is 5.60 Å². The molecular weight excluding hydrogens is 214 g/mol. The zero-order valence-corrected chi connectivity index (χ0v) is 10.2. The van der Waals surface area contributed by atoms with Crippen molar-refractivity contribution < 1.29 is 5.11 Å². The fraction of sp³-hybridized carbons (Fsp3) is 0.385. The molecule has 2 rings (SSSR count). The summed E-state index contributed by atoms with van der Waals surface area (Å²) >= 11 is 0. The summed E-state index contributed by atoms with van der Waals surface area (Å²) < 4.78 is 2.04. The Balaban J connectivity index is 2.18. The lowest BCUT2D eigenvalue weighted by Gasteiger charge is -2.17. The van der Waals surface area contributed by atoms with Crippen molar-refractivity contribution in [2.75, 3.05) is 0 Å². The lowest BCUT2D eigenvalue weighted by atomic mass is 10.1. The van der Waals surface area contributed by atoms with Gasteiger partial charge in [-0.2, -0.15) is 0 Å². The summed E-state index contributed by atoms with van der Waals surface area (Å²) in [5.74, 6) is 0.891. The Morgan fingerprint density at radius 1 is 1.35 bits per heavy atom. The minimum Gasteiger partial charge on any atom is -0.390 e. The van der Waals surface area contributed by atoms with Crippen molar-refractivity contribution >= 4 is 0 Å². The van der Waals surface area contributed by atoms with Crippen LogP contribution in [0.3, 0.4) is 0 Å². The van der Waals surface area contributed by atoms with Crippen molar-refractivity contribution in [1.29, 1.82) is 0 Å². The molecule has 0 saturated carbocycles. The molecule has 4 heteroatoms. The Labute approximate surface area is 101 Å². The van der Waals surface area contributed by atoms with Crippen LogP contribution in [-0.2, 0) is 6.54 Å². The first kappa shape index (κ1) is 11.8. The maximum absolute atomic E-state index is 9.73. The molecule has 2 heterocycles. The van der Waals surface area contributed by atoms with Gasteiger partial charge >= 0.3 is 0 Å². The van der Waals surface area contributed by atoms with Crippen molar-refractivity contribution in [2.45, 2.75) is 32.4 Å². The number of imidazole rings is 1. The predicted molar refractivity (Wildman–Crippen MR) is 66.4 cm³/mol. The van der Waals surface area contributed by atoms with E-state index < -0.39 is 5.60 Å². The number of pyridine rings is 1. The van der Waals surface area contributed by atoms with Crippen molar-refractivity contribution in [3.05, 3.63) is 36.9 Å². The average Bonchev–Trinajstić information content (AvgIpc) is 2.75. The van der Waals surface area contributed by atoms with E-state index in [0.29, 0.717) is 6.42 Å². The first-order chi connectivity index (χ1) is 8.06. The molecule has 1 N–H and O–H groups in total. The Morgan fingerprint density at radius 3 is 2.82 bits per heavy atom. The van der Waals surface area contributed by atoms with E-state index in [-0.39, 0.29) is 0 Å². The highest BCUT2D eigenvalue weighted by Crippen LogP contribution is 2.18. The maximum atomic E-state index is 9.73. The number of aromatic nitrogens is 3. The lowest BCUT2D eigenvalue weighted by Crippen LogP contribution is -2.21. The third-order valence-corrected chi connectivity index (χ3v) is 2.60. The predicted octanol–water partition coefficient (Wildman–Crippen LogP) is 2.11. The van der Waals surface area contributed by atoms with Gasteiger partial charge in [-0.15, -0.1) is 0 Å². The Morgan fingerprint density at radius 2 is 2.18 bits per heavy atom. The first-order valence-corrected chi connectivity index (χ1v) is 5.70. The normalized spacial score (nSPS) is 11.7. The smallest absolute Gasteiger partial charge is 0.141 e. The van der Waals surface area contributed by atoms with Crippen LogP contribution in [0.4, 0.5) is 0 Å². The lowest BCUT2D eigenvalue weighted by molar-refractivity contribution is 0.0663. The maximum Gasteiger partial charge on any atom is 0.141 e. The summed E-state index contributed by atoms with van der Waals surface area (Å²) in [5, 5.41) is 9.73. The van der Waals surface area contributed by atoms with Gasteiger partial charge in [-0.1, -0.05) is 0 Å². The van der Waals surface area contributed by atoms with Gasteiger partial charge in [0, 0.05) is 36.9 Å². The number of rotatable bonds is 4. The van der Waals surface area contributed by atoms with E-state index in [0.717, 1.165) is 17.9 Å². The van der Waals surface area contributed by atoms with Gasteiger partial charge in [-0.25, -0.2) is 4.98 Å². The van der Waals surface area contributed by atoms with Gasteiger partial charge in [-0.3, -0.25) is 4.98 Å². The van der Waals surface area contributed by atoms with E-state index in [1.54, 1.807) is 18.6 Å². The van der Waals surface area contributed by atoms with E-state index in [4.69, 9.17) is 0 Å². The number of nitrogens with zero attached hydrogens (tertiary/aromatic N) is 3. The van der Waals surface area contributed by atoms with Crippen LogP contribution in [0.1, 0.15) is 20.3 Å². The summed E-state index contributed by atoms with van der Waals surface area (Å²) in [6.45, 7) is 4.37. The second-order valence-electron chi connectivity index (χ2n) is 4.75. The zero-order chi connectivity index (χ0) is 12.3. The minimum atomic E-state index is -0.656. The molecule has 90 valence electrons. The molecule has 0 unspecified atom stereocenters. The molecule has 2 aromatic rings. The summed E-state index contributed by atoms with van der Waals surface area (Å²) in [4.78, 5) is 8.42. The highest BCUT2D eigenvalue weighted by atomic mass is 16.3. The van der Waals surface area contributed by atoms with Gasteiger partial charge in [-0.05, 0) is 32.4 Å². The molecule has 0 aliphatic carbocycles. The molecule has 0 atom stereocenters. The Kier molecular flexibility index (Phi) is 3.24. The van der Waals surface area contributed by atoms with Crippen LogP contribution in [0.15, 0.2) is 36.9 Å². The Hall–Kier alpha value is -1.68. The van der Waals surface area contributed by atoms with Crippen molar-refractivity contribution in [1.82, 2.24) is 14.5 Å². The van der Waals surface area contributed by atoms with Crippen LogP contribution >= 0.6 is 0 Å². The molecule has 0 bridgehead atoms. The molecule has 0 radical (unpaired) electrons. The quantitative estimate of drug-likeness (QED) is 0.876. The number of aliphatic hydroxyl groups is 1. The van der Waals surface area contributed by atoms with Crippen LogP contribution in [-0.4, -0.2) is 25.2 Å². The molecular formula is C13H17N3O. The van der Waals surface area contributed by atoms with E-state index in [1.165, 1.54) is 0 Å². The van der Waals surface area contributed by atoms with Gasteiger partial charge < -0.3 is 9.67 Å². The standard InChI is InChI=1S/C13H17N3O/c1-13(2,17)5-8-16-9-7-15-12(16)11-4-3-6-14-10-11/h3-4,6-7,9-10,17H,5,8H2,1-2H3. The van der Waals surface area contributed by atoms with Crippen LogP contribution in [0.5, 0.6) is 0 Å². The van der Waals surface area contributed by atoms with Crippen LogP contribution in [0, 0.1) is 0 Å². The third kappa shape index (κ3) is 3.14. The van der Waals surface area contributed by atoms with Crippen LogP contribution in [0.25, 0.3) is 11.4 Å². The summed E-state index contributed by atoms with van der Waals surface area (Å²) in [5.41, 5.74) is 0.337. The summed E-state index contributed by atoms with van der Waals surface area (Å²) in [7, 11) is 0. The van der Waals surface area contributed by atoms with E-state index in [9.17, 15) is 5.11 Å². The molecule has 0 fully saturated rings. The minimum absolute atomic E-state index is 0.656. The number of hydrogen-bond acceptors (Lipinski definition) is 3. The fourth-order valence-electron chi connectivity index (χ4n) is 1.64. The molecule has 4 nitrogen and oxygen atoms in total. The molecule has 0 spiro atoms. The zero-order valence-electron chi connectivity index (χ0n) is 10.2. The van der Waals surface area contributed by atoms with Gasteiger partial charge in [0.25, 0.3) is 0 Å². The highest BCUT2D eigenvalue weighted by Gasteiger charge is 2.13. The second-order valence-corrected chi connectivity index (χ2v) is 4.75. The van der Waals surface area contributed by atoms with E-state index in [1.807, 2.05) is 36.7 Å². The van der Waals surface area contributed by atoms with Crippen LogP contribution in [0.2, 0.25) is 0 Å². The molecule has 0 saturated heterocycles. The summed E-state index contributed by atoms with van der Waals surface area (Å²) in [6.07, 6.45) is 7.92. The van der Waals surface area contributed by atoms with Crippen molar-refractivity contribution in [2.24, 2.45) is 0 Å². The number of aryl methyl sites for hydroxylation is 1. The SMILES string of the molecule is CC(C)(O)CCn1ccnc1-c1cccnc1. The molecule has 2 aromatic heterocycles. The highest BCUT2D eigenvalue weighted by molar-refractivity contribution is 5.53. The monoisotopic (exact) mass is 231 g/mol. The van der Waals surface area contributed by atoms with Gasteiger partial charge in [0.2, 0.25) is 0 Å². The van der Waals surface area contributed by atoms with Crippen LogP contribution < -0.4 is 0 Å². The van der Waals surface area contributed by atoms with Crippen molar-refractivity contribution in [3.8, 4) is 11.4 Å². The second kappa shape index (κ2) is 4.67. The van der Waals surface area contributed by atoms with Crippen molar-refractivity contribution in [3.63, 3.8) is 0 Å². The first-order valence-electron chi connectivity index (χ1n) is 5.70. The van der Waals surface area contributed by atoms with Gasteiger partial charge in [0.15, 0.2) is 0 Å². The number of hydrogen-bond donors (Lipinski definition) is 1. The molecule has 0 amide bonds. The molecule has 17 heavy (non-hydrogen) atoms. The van der Waals surface area contributed by atoms with E-state index >= 15 is 0 Å². The van der Waals surface area contributed by atoms with Gasteiger partial charge in [0.1, 0.15) is 5.82 Å². The average molecular weight is 231 g/mol. The molecule has 0 aliphatic heterocycles. The molecule has 0 aromatic carbocycles. The molecule has 0 aliphatic rings. The fourth-order valence-corrected chi connectivity index (χ4v) is 1.64. The largest absolute Gasteiger partial charge is 0.390 e. The Bertz CT molecular complexity index is 471.